The van der Waals surface area contributed by atoms with Crippen molar-refractivity contribution in [1.82, 2.24) is 19.7 Å². The van der Waals surface area contributed by atoms with Crippen LogP contribution in [0, 0.1) is 6.92 Å². The topological polar surface area (TPSA) is 63.5 Å². The Hall–Kier alpha value is -2.45. The van der Waals surface area contributed by atoms with Crippen molar-refractivity contribution in [2.75, 3.05) is 39.2 Å². The monoisotopic (exact) mass is 373 g/mol. The van der Waals surface area contributed by atoms with Crippen LogP contribution in [-0.4, -0.2) is 59.9 Å². The number of thiazole rings is 1. The van der Waals surface area contributed by atoms with Crippen LogP contribution < -0.4 is 9.64 Å². The second kappa shape index (κ2) is 7.43. The van der Waals surface area contributed by atoms with Crippen LogP contribution in [0.3, 0.4) is 0 Å². The first kappa shape index (κ1) is 18.3. The van der Waals surface area contributed by atoms with Gasteiger partial charge in [0.05, 0.1) is 17.5 Å². The summed E-state index contributed by atoms with van der Waals surface area (Å²) in [4.78, 5) is 21.7. The van der Waals surface area contributed by atoms with Crippen LogP contribution in [0.1, 0.15) is 16.2 Å². The number of ether oxygens (including phenoxy) is 1. The number of hydrogen-bond acceptors (Lipinski definition) is 6. The number of aromatic nitrogens is 3. The van der Waals surface area contributed by atoms with Crippen LogP contribution in [-0.2, 0) is 7.05 Å². The lowest BCUT2D eigenvalue weighted by Crippen LogP contribution is -2.37. The minimum absolute atomic E-state index is 0.104. The lowest BCUT2D eigenvalue weighted by atomic mass is 10.3. The molecule has 1 aromatic carbocycles. The Morgan fingerprint density at radius 2 is 2.08 bits per heavy atom. The molecule has 2 aromatic heterocycles. The standard InChI is InChI=1S/C18H23N5O2S/c1-12-11-13(22(4)20-12)17(24)23(10-9-21(2)3)18-19-16-14(25-5)7-6-8-15(16)26-18/h6-8,11H,9-10H2,1-5H3. The van der Waals surface area contributed by atoms with Crippen molar-refractivity contribution in [1.29, 1.82) is 0 Å². The Morgan fingerprint density at radius 1 is 1.31 bits per heavy atom. The number of likely N-dealkylation sites (N-methyl/N-ethyl adjacent to an activating group) is 1. The molecule has 1 amide bonds. The fraction of sp³-hybridized carbons (Fsp3) is 0.389. The van der Waals surface area contributed by atoms with Gasteiger partial charge in [-0.1, -0.05) is 17.4 Å². The van der Waals surface area contributed by atoms with Gasteiger partial charge in [0.2, 0.25) is 0 Å². The van der Waals surface area contributed by atoms with Crippen LogP contribution in [0.2, 0.25) is 0 Å². The van der Waals surface area contributed by atoms with E-state index in [1.54, 1.807) is 29.8 Å². The number of amides is 1. The third-order valence-corrected chi connectivity index (χ3v) is 5.10. The summed E-state index contributed by atoms with van der Waals surface area (Å²) < 4.78 is 8.01. The zero-order valence-corrected chi connectivity index (χ0v) is 16.5. The van der Waals surface area contributed by atoms with Crippen LogP contribution in [0.15, 0.2) is 24.3 Å². The summed E-state index contributed by atoms with van der Waals surface area (Å²) in [7, 11) is 7.38. The molecule has 0 fully saturated rings. The molecule has 0 atom stereocenters. The molecule has 0 N–H and O–H groups in total. The molecule has 0 aliphatic rings. The van der Waals surface area contributed by atoms with E-state index in [-0.39, 0.29) is 5.91 Å². The maximum Gasteiger partial charge on any atom is 0.278 e. The van der Waals surface area contributed by atoms with Crippen molar-refractivity contribution in [2.24, 2.45) is 7.05 Å². The minimum atomic E-state index is -0.104. The highest BCUT2D eigenvalue weighted by molar-refractivity contribution is 7.22. The summed E-state index contributed by atoms with van der Waals surface area (Å²) in [5.41, 5.74) is 2.14. The number of aryl methyl sites for hydroxylation is 2. The first-order chi connectivity index (χ1) is 12.4. The maximum atomic E-state index is 13.2. The predicted octanol–water partition coefficient (Wildman–Crippen LogP) is 2.56. The van der Waals surface area contributed by atoms with Crippen molar-refractivity contribution >= 4 is 32.6 Å². The highest BCUT2D eigenvalue weighted by atomic mass is 32.1. The van der Waals surface area contributed by atoms with Gasteiger partial charge in [0.25, 0.3) is 5.91 Å². The summed E-state index contributed by atoms with van der Waals surface area (Å²) in [6, 6.07) is 7.60. The number of anilines is 1. The number of carbonyl (C=O) groups excluding carboxylic acids is 1. The van der Waals surface area contributed by atoms with E-state index in [0.29, 0.717) is 23.1 Å². The molecule has 0 radical (unpaired) electrons. The van der Waals surface area contributed by atoms with Crippen LogP contribution >= 0.6 is 11.3 Å². The molecule has 0 spiro atoms. The number of benzene rings is 1. The van der Waals surface area contributed by atoms with Gasteiger partial charge in [0, 0.05) is 20.1 Å². The summed E-state index contributed by atoms with van der Waals surface area (Å²) in [6.45, 7) is 3.15. The summed E-state index contributed by atoms with van der Waals surface area (Å²) in [6.07, 6.45) is 0. The first-order valence-corrected chi connectivity index (χ1v) is 9.13. The number of carbonyl (C=O) groups is 1. The molecule has 0 bridgehead atoms. The molecule has 0 aliphatic heterocycles. The van der Waals surface area contributed by atoms with Gasteiger partial charge in [-0.25, -0.2) is 4.98 Å². The Bertz CT molecular complexity index is 931. The Kier molecular flexibility index (Phi) is 5.24. The van der Waals surface area contributed by atoms with Crippen molar-refractivity contribution in [3.63, 3.8) is 0 Å². The highest BCUT2D eigenvalue weighted by Crippen LogP contribution is 2.34. The number of fused-ring (bicyclic) bond motifs is 1. The van der Waals surface area contributed by atoms with Gasteiger partial charge >= 0.3 is 0 Å². The van der Waals surface area contributed by atoms with E-state index < -0.39 is 0 Å². The van der Waals surface area contributed by atoms with E-state index in [1.807, 2.05) is 44.1 Å². The lowest BCUT2D eigenvalue weighted by Gasteiger charge is -2.21. The molecule has 0 aliphatic carbocycles. The van der Waals surface area contributed by atoms with E-state index in [2.05, 4.69) is 5.10 Å². The number of methoxy groups -OCH3 is 1. The molecule has 0 unspecified atom stereocenters. The van der Waals surface area contributed by atoms with Crippen molar-refractivity contribution in [3.8, 4) is 5.75 Å². The fourth-order valence-corrected chi connectivity index (χ4v) is 3.73. The second-order valence-electron chi connectivity index (χ2n) is 6.36. The summed E-state index contributed by atoms with van der Waals surface area (Å²) in [5.74, 6) is 0.606. The van der Waals surface area contributed by atoms with Gasteiger partial charge in [-0.05, 0) is 39.2 Å². The Labute approximate surface area is 156 Å². The number of rotatable bonds is 6. The van der Waals surface area contributed by atoms with Gasteiger partial charge in [-0.3, -0.25) is 14.4 Å². The summed E-state index contributed by atoms with van der Waals surface area (Å²) in [5, 5.41) is 4.96. The lowest BCUT2D eigenvalue weighted by molar-refractivity contribution is 0.0976. The van der Waals surface area contributed by atoms with Gasteiger partial charge in [0.1, 0.15) is 17.0 Å². The molecule has 138 valence electrons. The van der Waals surface area contributed by atoms with Crippen LogP contribution in [0.5, 0.6) is 5.75 Å². The average Bonchev–Trinajstić information content (AvgIpc) is 3.16. The van der Waals surface area contributed by atoms with E-state index in [1.165, 1.54) is 11.3 Å². The largest absolute Gasteiger partial charge is 0.494 e. The van der Waals surface area contributed by atoms with Gasteiger partial charge < -0.3 is 9.64 Å². The van der Waals surface area contributed by atoms with Crippen molar-refractivity contribution in [2.45, 2.75) is 6.92 Å². The number of nitrogens with zero attached hydrogens (tertiary/aromatic N) is 5. The molecule has 0 saturated carbocycles. The molecular formula is C18H23N5O2S. The van der Waals surface area contributed by atoms with E-state index >= 15 is 0 Å². The SMILES string of the molecule is COc1cccc2sc(N(CCN(C)C)C(=O)c3cc(C)nn3C)nc12. The third-order valence-electron chi connectivity index (χ3n) is 4.06. The highest BCUT2D eigenvalue weighted by Gasteiger charge is 2.24. The number of hydrogen-bond donors (Lipinski definition) is 0. The maximum absolute atomic E-state index is 13.2. The van der Waals surface area contributed by atoms with Crippen molar-refractivity contribution in [3.05, 3.63) is 35.7 Å². The number of para-hydroxylation sites is 1. The molecule has 3 aromatic rings. The van der Waals surface area contributed by atoms with Gasteiger partial charge in [-0.15, -0.1) is 0 Å². The Balaban J connectivity index is 2.03. The first-order valence-electron chi connectivity index (χ1n) is 8.31. The molecule has 2 heterocycles. The average molecular weight is 373 g/mol. The van der Waals surface area contributed by atoms with Gasteiger partial charge in [-0.2, -0.15) is 5.10 Å². The van der Waals surface area contributed by atoms with Crippen LogP contribution in [0.4, 0.5) is 5.13 Å². The molecule has 7 nitrogen and oxygen atoms in total. The molecular weight excluding hydrogens is 350 g/mol. The summed E-state index contributed by atoms with van der Waals surface area (Å²) >= 11 is 1.49. The minimum Gasteiger partial charge on any atom is -0.494 e. The molecule has 3 rings (SSSR count). The quantitative estimate of drug-likeness (QED) is 0.664. The molecule has 26 heavy (non-hydrogen) atoms. The smallest absolute Gasteiger partial charge is 0.278 e. The fourth-order valence-electron chi connectivity index (χ4n) is 2.72. The Morgan fingerprint density at radius 3 is 2.69 bits per heavy atom. The normalized spacial score (nSPS) is 11.3. The van der Waals surface area contributed by atoms with Crippen molar-refractivity contribution < 1.29 is 9.53 Å². The van der Waals surface area contributed by atoms with E-state index in [0.717, 1.165) is 22.5 Å². The third kappa shape index (κ3) is 3.56. The van der Waals surface area contributed by atoms with Crippen LogP contribution in [0.25, 0.3) is 10.2 Å². The predicted molar refractivity (Wildman–Crippen MR) is 104 cm³/mol. The zero-order chi connectivity index (χ0) is 18.8. The van der Waals surface area contributed by atoms with E-state index in [9.17, 15) is 4.79 Å². The zero-order valence-electron chi connectivity index (χ0n) is 15.7. The molecule has 0 saturated heterocycles. The molecule has 8 heteroatoms. The van der Waals surface area contributed by atoms with Gasteiger partial charge in [0.15, 0.2) is 5.13 Å². The second-order valence-corrected chi connectivity index (χ2v) is 7.37. The van der Waals surface area contributed by atoms with E-state index in [4.69, 9.17) is 9.72 Å².